The predicted octanol–water partition coefficient (Wildman–Crippen LogP) is 5.56. The molecule has 3 rings (SSSR count). The van der Waals surface area contributed by atoms with Crippen molar-refractivity contribution in [2.45, 2.75) is 45.3 Å². The molecule has 0 spiro atoms. The summed E-state index contributed by atoms with van der Waals surface area (Å²) in [5, 5.41) is 0.943. The minimum Gasteiger partial charge on any atom is -0.369 e. The Hall–Kier alpha value is 0.140. The molecule has 1 nitrogen and oxygen atoms in total. The molecule has 0 heterocycles. The van der Waals surface area contributed by atoms with E-state index in [0.29, 0.717) is 12.5 Å². The minimum absolute atomic E-state index is 0.00873. The second-order valence-corrected chi connectivity index (χ2v) is 8.25. The zero-order valence-electron chi connectivity index (χ0n) is 12.2. The summed E-state index contributed by atoms with van der Waals surface area (Å²) in [4.78, 5) is 0. The Labute approximate surface area is 138 Å². The first kappa shape index (κ1) is 15.1. The lowest BCUT2D eigenvalue weighted by Crippen LogP contribution is -2.52. The zero-order valence-corrected chi connectivity index (χ0v) is 15.3. The van der Waals surface area contributed by atoms with Crippen molar-refractivity contribution in [2.75, 3.05) is 5.33 Å². The van der Waals surface area contributed by atoms with Gasteiger partial charge in [0.1, 0.15) is 0 Å². The van der Waals surface area contributed by atoms with Crippen molar-refractivity contribution < 1.29 is 4.74 Å². The van der Waals surface area contributed by atoms with E-state index in [1.807, 2.05) is 0 Å². The summed E-state index contributed by atoms with van der Waals surface area (Å²) in [6, 6.07) is 8.36. The number of benzene rings is 1. The fourth-order valence-electron chi connectivity index (χ4n) is 4.38. The molecule has 0 aromatic heterocycles. The molecule has 3 unspecified atom stereocenters. The van der Waals surface area contributed by atoms with Gasteiger partial charge in [-0.15, -0.1) is 0 Å². The maximum Gasteiger partial charge on any atom is 0.0864 e. The molecule has 2 saturated carbocycles. The average Bonchev–Trinajstić information content (AvgIpc) is 2.98. The van der Waals surface area contributed by atoms with Crippen molar-refractivity contribution in [3.05, 3.63) is 34.3 Å². The highest BCUT2D eigenvalue weighted by molar-refractivity contribution is 9.10. The van der Waals surface area contributed by atoms with Gasteiger partial charge in [0.15, 0.2) is 0 Å². The molecule has 2 fully saturated rings. The summed E-state index contributed by atoms with van der Waals surface area (Å²) in [6.07, 6.45) is 4.05. The highest BCUT2D eigenvalue weighted by Gasteiger charge is 2.63. The first-order valence-corrected chi connectivity index (χ1v) is 9.36. The van der Waals surface area contributed by atoms with Gasteiger partial charge in [-0.3, -0.25) is 0 Å². The normalized spacial score (nSPS) is 34.6. The fraction of sp³-hybridized carbons (Fsp3) is 0.647. The van der Waals surface area contributed by atoms with E-state index in [4.69, 9.17) is 4.74 Å². The van der Waals surface area contributed by atoms with Gasteiger partial charge in [-0.2, -0.15) is 0 Å². The summed E-state index contributed by atoms with van der Waals surface area (Å²) in [5.74, 6) is 1.54. The van der Waals surface area contributed by atoms with E-state index in [2.05, 4.69) is 70.0 Å². The number of ether oxygens (including phenoxy) is 1. The first-order valence-electron chi connectivity index (χ1n) is 7.44. The Morgan fingerprint density at radius 1 is 1.20 bits per heavy atom. The fourth-order valence-corrected chi connectivity index (χ4v) is 6.12. The largest absolute Gasteiger partial charge is 0.369 e. The van der Waals surface area contributed by atoms with Crippen molar-refractivity contribution in [1.29, 1.82) is 0 Å². The molecular formula is C17H22Br2O. The number of hydrogen-bond donors (Lipinski definition) is 0. The van der Waals surface area contributed by atoms with Crippen LogP contribution in [0.15, 0.2) is 28.7 Å². The Morgan fingerprint density at radius 3 is 2.50 bits per heavy atom. The molecule has 0 N–H and O–H groups in total. The Bertz CT molecular complexity index is 500. The van der Waals surface area contributed by atoms with Crippen LogP contribution >= 0.6 is 31.9 Å². The van der Waals surface area contributed by atoms with E-state index in [9.17, 15) is 0 Å². The lowest BCUT2D eigenvalue weighted by atomic mass is 9.66. The SMILES string of the molecule is CC1(C)C2CCC(C2)C1(CBr)OCc1ccccc1Br. The van der Waals surface area contributed by atoms with Crippen molar-refractivity contribution in [1.82, 2.24) is 0 Å². The third-order valence-electron chi connectivity index (χ3n) is 5.84. The second kappa shape index (κ2) is 5.40. The smallest absolute Gasteiger partial charge is 0.0864 e. The third kappa shape index (κ3) is 2.12. The van der Waals surface area contributed by atoms with Crippen LogP contribution in [0.2, 0.25) is 0 Å². The third-order valence-corrected chi connectivity index (χ3v) is 7.45. The number of halogens is 2. The maximum absolute atomic E-state index is 6.58. The van der Waals surface area contributed by atoms with Crippen LogP contribution < -0.4 is 0 Å². The topological polar surface area (TPSA) is 9.23 Å². The molecule has 0 amide bonds. The van der Waals surface area contributed by atoms with Gasteiger partial charge in [0.05, 0.1) is 12.2 Å². The Kier molecular flexibility index (Phi) is 4.07. The van der Waals surface area contributed by atoms with Crippen LogP contribution in [-0.2, 0) is 11.3 Å². The van der Waals surface area contributed by atoms with Crippen LogP contribution in [0.5, 0.6) is 0 Å². The average molecular weight is 402 g/mol. The van der Waals surface area contributed by atoms with Crippen LogP contribution in [0.1, 0.15) is 38.7 Å². The monoisotopic (exact) mass is 400 g/mol. The molecule has 20 heavy (non-hydrogen) atoms. The molecule has 3 heteroatoms. The minimum atomic E-state index is -0.00873. The predicted molar refractivity (Wildman–Crippen MR) is 90.1 cm³/mol. The van der Waals surface area contributed by atoms with E-state index < -0.39 is 0 Å². The lowest BCUT2D eigenvalue weighted by Gasteiger charge is -2.48. The molecular weight excluding hydrogens is 380 g/mol. The van der Waals surface area contributed by atoms with Crippen molar-refractivity contribution in [2.24, 2.45) is 17.3 Å². The van der Waals surface area contributed by atoms with Gasteiger partial charge in [-0.05, 0) is 48.1 Å². The standard InChI is InChI=1S/C17H22Br2O/c1-16(2)13-7-8-14(9-13)17(16,11-18)20-10-12-5-3-4-6-15(12)19/h3-6,13-14H,7-11H2,1-2H3. The van der Waals surface area contributed by atoms with Gasteiger partial charge in [0, 0.05) is 9.80 Å². The number of hydrogen-bond acceptors (Lipinski definition) is 1. The summed E-state index contributed by atoms with van der Waals surface area (Å²) in [6.45, 7) is 5.50. The van der Waals surface area contributed by atoms with E-state index >= 15 is 0 Å². The molecule has 1 aromatic carbocycles. The highest BCUT2D eigenvalue weighted by Crippen LogP contribution is 2.63. The lowest BCUT2D eigenvalue weighted by molar-refractivity contribution is -0.145. The molecule has 3 atom stereocenters. The molecule has 0 radical (unpaired) electrons. The first-order chi connectivity index (χ1) is 9.51. The van der Waals surface area contributed by atoms with Gasteiger partial charge in [-0.1, -0.05) is 63.9 Å². The number of alkyl halides is 1. The molecule has 2 aliphatic carbocycles. The summed E-state index contributed by atoms with van der Waals surface area (Å²) >= 11 is 7.39. The molecule has 0 aliphatic heterocycles. The molecule has 1 aromatic rings. The Morgan fingerprint density at radius 2 is 1.90 bits per heavy atom. The van der Waals surface area contributed by atoms with Crippen molar-refractivity contribution >= 4 is 31.9 Å². The van der Waals surface area contributed by atoms with Crippen molar-refractivity contribution in [3.63, 3.8) is 0 Å². The van der Waals surface area contributed by atoms with E-state index in [1.165, 1.54) is 24.8 Å². The zero-order chi connectivity index (χ0) is 14.4. The molecule has 2 bridgehead atoms. The van der Waals surface area contributed by atoms with Crippen molar-refractivity contribution in [3.8, 4) is 0 Å². The van der Waals surface area contributed by atoms with E-state index in [1.54, 1.807) is 0 Å². The summed E-state index contributed by atoms with van der Waals surface area (Å²) in [5.41, 5.74) is 1.50. The molecule has 0 saturated heterocycles. The molecule has 2 aliphatic rings. The second-order valence-electron chi connectivity index (χ2n) is 6.83. The van der Waals surface area contributed by atoms with E-state index in [-0.39, 0.29) is 11.0 Å². The highest BCUT2D eigenvalue weighted by atomic mass is 79.9. The summed E-state index contributed by atoms with van der Waals surface area (Å²) in [7, 11) is 0. The van der Waals surface area contributed by atoms with E-state index in [0.717, 1.165) is 15.7 Å². The number of fused-ring (bicyclic) bond motifs is 2. The van der Waals surface area contributed by atoms with Gasteiger partial charge in [0.2, 0.25) is 0 Å². The van der Waals surface area contributed by atoms with Gasteiger partial charge in [0.25, 0.3) is 0 Å². The van der Waals surface area contributed by atoms with Crippen LogP contribution in [0, 0.1) is 17.3 Å². The number of rotatable bonds is 4. The van der Waals surface area contributed by atoms with Crippen LogP contribution in [-0.4, -0.2) is 10.9 Å². The molecule has 110 valence electrons. The Balaban J connectivity index is 1.82. The summed E-state index contributed by atoms with van der Waals surface area (Å²) < 4.78 is 7.72. The van der Waals surface area contributed by atoms with Gasteiger partial charge >= 0.3 is 0 Å². The van der Waals surface area contributed by atoms with Crippen LogP contribution in [0.25, 0.3) is 0 Å². The maximum atomic E-state index is 6.58. The van der Waals surface area contributed by atoms with Gasteiger partial charge < -0.3 is 4.74 Å². The quantitative estimate of drug-likeness (QED) is 0.600. The van der Waals surface area contributed by atoms with Gasteiger partial charge in [-0.25, -0.2) is 0 Å². The van der Waals surface area contributed by atoms with Crippen LogP contribution in [0.4, 0.5) is 0 Å². The van der Waals surface area contributed by atoms with Crippen LogP contribution in [0.3, 0.4) is 0 Å².